The minimum atomic E-state index is -4.78. The molecule has 1 fully saturated rings. The predicted molar refractivity (Wildman–Crippen MR) is 101 cm³/mol. The normalized spacial score (nSPS) is 20.9. The molecule has 2 aliphatic heterocycles. The Morgan fingerprint density at radius 1 is 1.17 bits per heavy atom. The summed E-state index contributed by atoms with van der Waals surface area (Å²) >= 11 is 0. The van der Waals surface area contributed by atoms with E-state index < -0.39 is 42.3 Å². The highest BCUT2D eigenvalue weighted by molar-refractivity contribution is 6.05. The van der Waals surface area contributed by atoms with E-state index in [-0.39, 0.29) is 30.3 Å². The Morgan fingerprint density at radius 2 is 1.79 bits per heavy atom. The molecule has 1 saturated heterocycles. The lowest BCUT2D eigenvalue weighted by atomic mass is 9.97. The lowest BCUT2D eigenvalue weighted by Crippen LogP contribution is -2.53. The van der Waals surface area contributed by atoms with Crippen LogP contribution in [0.5, 0.6) is 0 Å². The predicted octanol–water partition coefficient (Wildman–Crippen LogP) is 2.51. The molecule has 0 aliphatic carbocycles. The number of carboxylic acids is 1. The van der Waals surface area contributed by atoms with Crippen molar-refractivity contribution in [3.8, 4) is 0 Å². The lowest BCUT2D eigenvalue weighted by Gasteiger charge is -2.35. The number of piperidine rings is 1. The van der Waals surface area contributed by atoms with Crippen molar-refractivity contribution in [1.82, 2.24) is 4.90 Å². The first-order valence-electron chi connectivity index (χ1n) is 8.89. The zero-order valence-corrected chi connectivity index (χ0v) is 16.1. The summed E-state index contributed by atoms with van der Waals surface area (Å²) in [4.78, 5) is 38.2. The summed E-state index contributed by atoms with van der Waals surface area (Å²) in [5.74, 6) is -3.00. The van der Waals surface area contributed by atoms with Gasteiger partial charge in [0.2, 0.25) is 11.8 Å². The van der Waals surface area contributed by atoms with Crippen LogP contribution in [0.4, 0.5) is 24.5 Å². The third kappa shape index (κ3) is 5.18. The summed E-state index contributed by atoms with van der Waals surface area (Å²) in [6.07, 6.45) is -4.99. The van der Waals surface area contributed by atoms with Crippen LogP contribution in [-0.2, 0) is 14.4 Å². The number of benzene rings is 1. The van der Waals surface area contributed by atoms with Crippen LogP contribution >= 0.6 is 12.4 Å². The molecule has 0 bridgehead atoms. The molecule has 1 aromatic carbocycles. The van der Waals surface area contributed by atoms with E-state index in [4.69, 9.17) is 5.11 Å². The average molecular weight is 436 g/mol. The van der Waals surface area contributed by atoms with E-state index in [9.17, 15) is 27.6 Å². The van der Waals surface area contributed by atoms with Crippen LogP contribution in [0.1, 0.15) is 19.3 Å². The third-order valence-corrected chi connectivity index (χ3v) is 5.07. The van der Waals surface area contributed by atoms with Crippen LogP contribution in [-0.4, -0.2) is 59.6 Å². The maximum absolute atomic E-state index is 13.7. The maximum atomic E-state index is 13.7. The number of amides is 2. The molecule has 0 radical (unpaired) electrons. The standard InChI is InChI=1S/C18H20F3N3O4.ClH/c19-18(20,21)14-9-15(25)22-12-3-1-2-4-13(12)24(14)16(26)10-23-7-5-11(6-8-23)17(27)28;/h1-4,11,14H,5-10H2,(H,22,25)(H,27,28);1H. The number of carboxylic acid groups (broad SMARTS) is 1. The zero-order valence-electron chi connectivity index (χ0n) is 15.3. The SMILES string of the molecule is Cl.O=C1CC(C(F)(F)F)N(C(=O)CN2CCC(C(=O)O)CC2)c2ccccc2N1. The molecule has 0 aromatic heterocycles. The Hall–Kier alpha value is -2.33. The molecule has 2 amide bonds. The number of para-hydroxylation sites is 2. The third-order valence-electron chi connectivity index (χ3n) is 5.07. The van der Waals surface area contributed by atoms with E-state index in [1.807, 2.05) is 0 Å². The first-order chi connectivity index (χ1) is 13.2. The highest BCUT2D eigenvalue weighted by Gasteiger charge is 2.49. The number of rotatable bonds is 3. The molecular weight excluding hydrogens is 415 g/mol. The van der Waals surface area contributed by atoms with Crippen molar-refractivity contribution in [3.05, 3.63) is 24.3 Å². The van der Waals surface area contributed by atoms with E-state index in [0.717, 1.165) is 0 Å². The van der Waals surface area contributed by atoms with Gasteiger partial charge in [0, 0.05) is 0 Å². The second-order valence-corrected chi connectivity index (χ2v) is 6.98. The number of hydrogen-bond donors (Lipinski definition) is 2. The molecule has 29 heavy (non-hydrogen) atoms. The molecule has 2 heterocycles. The largest absolute Gasteiger partial charge is 0.481 e. The molecule has 2 N–H and O–H groups in total. The average Bonchev–Trinajstić information content (AvgIpc) is 2.77. The lowest BCUT2D eigenvalue weighted by molar-refractivity contribution is -0.158. The van der Waals surface area contributed by atoms with E-state index in [1.165, 1.54) is 18.2 Å². The molecule has 3 rings (SSSR count). The number of anilines is 2. The maximum Gasteiger partial charge on any atom is 0.409 e. The Kier molecular flexibility index (Phi) is 7.12. The van der Waals surface area contributed by atoms with Gasteiger partial charge < -0.3 is 10.4 Å². The van der Waals surface area contributed by atoms with Gasteiger partial charge in [0.1, 0.15) is 6.04 Å². The fourth-order valence-corrected chi connectivity index (χ4v) is 3.60. The molecule has 1 aromatic rings. The second-order valence-electron chi connectivity index (χ2n) is 6.98. The molecule has 1 atom stereocenters. The summed E-state index contributed by atoms with van der Waals surface area (Å²) in [5.41, 5.74) is 0.151. The van der Waals surface area contributed by atoms with Gasteiger partial charge in [-0.25, -0.2) is 0 Å². The van der Waals surface area contributed by atoms with Gasteiger partial charge in [-0.3, -0.25) is 24.2 Å². The monoisotopic (exact) mass is 435 g/mol. The van der Waals surface area contributed by atoms with Crippen molar-refractivity contribution in [3.63, 3.8) is 0 Å². The molecule has 0 spiro atoms. The minimum Gasteiger partial charge on any atom is -0.481 e. The number of aliphatic carboxylic acids is 1. The number of carbonyl (C=O) groups excluding carboxylic acids is 2. The highest BCUT2D eigenvalue weighted by atomic mass is 35.5. The van der Waals surface area contributed by atoms with Crippen molar-refractivity contribution in [2.75, 3.05) is 29.9 Å². The first-order valence-corrected chi connectivity index (χ1v) is 8.89. The van der Waals surface area contributed by atoms with Crippen molar-refractivity contribution >= 4 is 41.6 Å². The van der Waals surface area contributed by atoms with Gasteiger partial charge in [-0.2, -0.15) is 13.2 Å². The number of carbonyl (C=O) groups is 3. The zero-order chi connectivity index (χ0) is 20.5. The summed E-state index contributed by atoms with van der Waals surface area (Å²) in [6, 6.07) is 3.62. The number of likely N-dealkylation sites (tertiary alicyclic amines) is 1. The Morgan fingerprint density at radius 3 is 2.38 bits per heavy atom. The summed E-state index contributed by atoms with van der Waals surface area (Å²) in [7, 11) is 0. The van der Waals surface area contributed by atoms with Gasteiger partial charge in [0.25, 0.3) is 0 Å². The number of halogens is 4. The molecule has 0 saturated carbocycles. The number of fused-ring (bicyclic) bond motifs is 1. The molecular formula is C18H21ClF3N3O4. The van der Waals surface area contributed by atoms with Crippen LogP contribution in [0.25, 0.3) is 0 Å². The van der Waals surface area contributed by atoms with Gasteiger partial charge in [-0.15, -0.1) is 12.4 Å². The van der Waals surface area contributed by atoms with Gasteiger partial charge in [-0.1, -0.05) is 12.1 Å². The van der Waals surface area contributed by atoms with E-state index in [1.54, 1.807) is 11.0 Å². The highest BCUT2D eigenvalue weighted by Crippen LogP contribution is 2.37. The molecule has 7 nitrogen and oxygen atoms in total. The van der Waals surface area contributed by atoms with Crippen LogP contribution in [0.3, 0.4) is 0 Å². The van der Waals surface area contributed by atoms with E-state index >= 15 is 0 Å². The molecule has 1 unspecified atom stereocenters. The number of hydrogen-bond acceptors (Lipinski definition) is 4. The van der Waals surface area contributed by atoms with Crippen LogP contribution in [0.15, 0.2) is 24.3 Å². The Labute approximate surface area is 171 Å². The van der Waals surface area contributed by atoms with E-state index in [2.05, 4.69) is 5.32 Å². The summed E-state index contributed by atoms with van der Waals surface area (Å²) in [5, 5.41) is 11.5. The fraction of sp³-hybridized carbons (Fsp3) is 0.500. The summed E-state index contributed by atoms with van der Waals surface area (Å²) < 4.78 is 41.0. The van der Waals surface area contributed by atoms with Crippen molar-refractivity contribution in [2.45, 2.75) is 31.5 Å². The van der Waals surface area contributed by atoms with Gasteiger partial charge in [-0.05, 0) is 38.1 Å². The quantitative estimate of drug-likeness (QED) is 0.761. The smallest absolute Gasteiger partial charge is 0.409 e. The minimum absolute atomic E-state index is 0. The number of nitrogens with zero attached hydrogens (tertiary/aromatic N) is 2. The van der Waals surface area contributed by atoms with Crippen LogP contribution in [0, 0.1) is 5.92 Å². The fourth-order valence-electron chi connectivity index (χ4n) is 3.60. The topological polar surface area (TPSA) is 90.0 Å². The van der Waals surface area contributed by atoms with Gasteiger partial charge >= 0.3 is 12.1 Å². The molecule has 2 aliphatic rings. The van der Waals surface area contributed by atoms with Crippen molar-refractivity contribution in [1.29, 1.82) is 0 Å². The van der Waals surface area contributed by atoms with Crippen LogP contribution < -0.4 is 10.2 Å². The number of alkyl halides is 3. The Bertz CT molecular complexity index is 782. The van der Waals surface area contributed by atoms with E-state index in [0.29, 0.717) is 30.8 Å². The van der Waals surface area contributed by atoms with Crippen LogP contribution in [0.2, 0.25) is 0 Å². The molecule has 160 valence electrons. The van der Waals surface area contributed by atoms with Gasteiger partial charge in [0.05, 0.1) is 30.3 Å². The second kappa shape index (κ2) is 9.00. The van der Waals surface area contributed by atoms with Crippen molar-refractivity contribution < 1.29 is 32.7 Å². The van der Waals surface area contributed by atoms with Gasteiger partial charge in [0.15, 0.2) is 0 Å². The number of nitrogens with one attached hydrogen (secondary N) is 1. The summed E-state index contributed by atoms with van der Waals surface area (Å²) in [6.45, 7) is 0.347. The first kappa shape index (κ1) is 23.0. The molecule has 11 heteroatoms. The Balaban J connectivity index is 0.00000300. The van der Waals surface area contributed by atoms with Crippen molar-refractivity contribution in [2.24, 2.45) is 5.92 Å².